The van der Waals surface area contributed by atoms with Gasteiger partial charge in [-0.25, -0.2) is 14.6 Å². The summed E-state index contributed by atoms with van der Waals surface area (Å²) in [7, 11) is 0. The molecule has 10 heteroatoms. The number of rotatable bonds is 8. The highest BCUT2D eigenvalue weighted by Crippen LogP contribution is 2.60. The van der Waals surface area contributed by atoms with E-state index in [0.29, 0.717) is 18.8 Å². The molecule has 9 atom stereocenters. The summed E-state index contributed by atoms with van der Waals surface area (Å²) in [5.74, 6) is -2.46. The van der Waals surface area contributed by atoms with Crippen molar-refractivity contribution in [3.63, 3.8) is 0 Å². The maximum Gasteiger partial charge on any atom is 0.326 e. The topological polar surface area (TPSA) is 130 Å². The fourth-order valence-corrected chi connectivity index (χ4v) is 6.37. The lowest BCUT2D eigenvalue weighted by atomic mass is 9.58. The highest BCUT2D eigenvalue weighted by molar-refractivity contribution is 5.85. The number of carboxylic acid groups (broad SMARTS) is 1. The molecule has 4 heterocycles. The summed E-state index contributed by atoms with van der Waals surface area (Å²) in [4.78, 5) is 48.1. The molecule has 2 N–H and O–H groups in total. The van der Waals surface area contributed by atoms with Crippen LogP contribution in [-0.2, 0) is 38.4 Å². The van der Waals surface area contributed by atoms with E-state index in [1.54, 1.807) is 0 Å². The van der Waals surface area contributed by atoms with Gasteiger partial charge >= 0.3 is 11.9 Å². The number of carboxylic acids is 1. The maximum atomic E-state index is 12.6. The molecule has 0 aromatic carbocycles. The third-order valence-electron chi connectivity index (χ3n) is 8.24. The van der Waals surface area contributed by atoms with E-state index in [0.717, 1.165) is 19.3 Å². The molecule has 5 fully saturated rings. The van der Waals surface area contributed by atoms with E-state index in [9.17, 15) is 19.5 Å². The SMILES string of the molecule is CC(C)CC(NC(=O)CCC(=O)O[C@@H]1O[C@@H]2O[C@@]3(C)CC[C@H]4[C@H](C)CC[C@@H]([C@H]1C)C24OO3)C(=O)O. The van der Waals surface area contributed by atoms with Gasteiger partial charge in [-0.1, -0.05) is 27.7 Å². The summed E-state index contributed by atoms with van der Waals surface area (Å²) in [5, 5.41) is 11.8. The van der Waals surface area contributed by atoms with Crippen molar-refractivity contribution >= 4 is 17.8 Å². The van der Waals surface area contributed by atoms with Crippen LogP contribution in [0.4, 0.5) is 0 Å². The lowest BCUT2D eigenvalue weighted by Gasteiger charge is -2.59. The fourth-order valence-electron chi connectivity index (χ4n) is 6.37. The predicted molar refractivity (Wildman–Crippen MR) is 121 cm³/mol. The minimum atomic E-state index is -1.09. The summed E-state index contributed by atoms with van der Waals surface area (Å²) in [5.41, 5.74) is -0.738. The van der Waals surface area contributed by atoms with Crippen LogP contribution in [0.1, 0.15) is 79.6 Å². The second kappa shape index (κ2) is 9.95. The summed E-state index contributed by atoms with van der Waals surface area (Å²) in [6.07, 6.45) is 1.95. The van der Waals surface area contributed by atoms with Crippen molar-refractivity contribution in [2.24, 2.45) is 29.6 Å². The number of amides is 1. The molecule has 2 bridgehead atoms. The first-order chi connectivity index (χ1) is 16.4. The van der Waals surface area contributed by atoms with Crippen molar-refractivity contribution in [2.45, 2.75) is 110 Å². The molecule has 2 unspecified atom stereocenters. The van der Waals surface area contributed by atoms with E-state index >= 15 is 0 Å². The smallest absolute Gasteiger partial charge is 0.326 e. The first-order valence-electron chi connectivity index (χ1n) is 12.9. The number of aliphatic carboxylic acids is 1. The maximum absolute atomic E-state index is 12.6. The molecule has 0 radical (unpaired) electrons. The molecular weight excluding hydrogens is 458 g/mol. The largest absolute Gasteiger partial charge is 0.480 e. The van der Waals surface area contributed by atoms with Crippen molar-refractivity contribution in [2.75, 3.05) is 0 Å². The van der Waals surface area contributed by atoms with Crippen molar-refractivity contribution < 1.29 is 43.5 Å². The Morgan fingerprint density at radius 2 is 1.83 bits per heavy atom. The van der Waals surface area contributed by atoms with E-state index < -0.39 is 47.9 Å². The van der Waals surface area contributed by atoms with E-state index in [1.165, 1.54) is 0 Å². The number of carbonyl (C=O) groups is 3. The third kappa shape index (κ3) is 5.08. The number of fused-ring (bicyclic) bond motifs is 2. The number of hydrogen-bond acceptors (Lipinski definition) is 8. The zero-order valence-corrected chi connectivity index (χ0v) is 21.3. The standard InChI is InChI=1S/C25H39NO9/c1-13(2)12-18(21(29)30)26-19(27)8-9-20(28)31-22-15(4)17-7-6-14(3)16-10-11-24(5)33-23(32-22)25(16,17)35-34-24/h13-18,22-23H,6-12H2,1-5H3,(H,26,27)(H,29,30)/t14-,15-,16+,17+,18?,22-,23-,24-,25?/m1/s1. The van der Waals surface area contributed by atoms with Crippen LogP contribution >= 0.6 is 0 Å². The Bertz CT molecular complexity index is 834. The van der Waals surface area contributed by atoms with Gasteiger partial charge in [0, 0.05) is 24.7 Å². The summed E-state index contributed by atoms with van der Waals surface area (Å²) in [6, 6.07) is -0.982. The summed E-state index contributed by atoms with van der Waals surface area (Å²) < 4.78 is 18.2. The molecule has 4 saturated heterocycles. The number of carbonyl (C=O) groups excluding carboxylic acids is 2. The number of esters is 1. The second-order valence-corrected chi connectivity index (χ2v) is 11.4. The van der Waals surface area contributed by atoms with Gasteiger partial charge in [0.15, 0.2) is 11.9 Å². The molecule has 1 amide bonds. The van der Waals surface area contributed by atoms with E-state index in [1.807, 2.05) is 27.7 Å². The monoisotopic (exact) mass is 497 g/mol. The lowest BCUT2D eigenvalue weighted by Crippen LogP contribution is -2.70. The summed E-state index contributed by atoms with van der Waals surface area (Å²) >= 11 is 0. The van der Waals surface area contributed by atoms with Gasteiger partial charge in [-0.2, -0.15) is 0 Å². The Morgan fingerprint density at radius 1 is 1.09 bits per heavy atom. The fraction of sp³-hybridized carbons (Fsp3) is 0.880. The molecule has 4 aliphatic heterocycles. The van der Waals surface area contributed by atoms with Gasteiger partial charge in [0.1, 0.15) is 6.04 Å². The molecule has 35 heavy (non-hydrogen) atoms. The Kier molecular flexibility index (Phi) is 7.48. The highest BCUT2D eigenvalue weighted by atomic mass is 17.3. The van der Waals surface area contributed by atoms with Gasteiger partial charge in [-0.3, -0.25) is 9.59 Å². The Morgan fingerprint density at radius 3 is 2.51 bits per heavy atom. The molecule has 1 spiro atoms. The Balaban J connectivity index is 1.38. The molecule has 0 aromatic rings. The van der Waals surface area contributed by atoms with Crippen molar-refractivity contribution in [3.8, 4) is 0 Å². The molecule has 198 valence electrons. The van der Waals surface area contributed by atoms with Crippen LogP contribution in [0.3, 0.4) is 0 Å². The van der Waals surface area contributed by atoms with Gasteiger partial charge in [0.05, 0.1) is 6.42 Å². The molecule has 0 aromatic heterocycles. The zero-order chi connectivity index (χ0) is 25.5. The van der Waals surface area contributed by atoms with Gasteiger partial charge in [0.25, 0.3) is 0 Å². The minimum Gasteiger partial charge on any atom is -0.480 e. The second-order valence-electron chi connectivity index (χ2n) is 11.4. The van der Waals surface area contributed by atoms with Crippen molar-refractivity contribution in [1.82, 2.24) is 5.32 Å². The Labute approximate surface area is 206 Å². The van der Waals surface area contributed by atoms with Crippen LogP contribution in [0.2, 0.25) is 0 Å². The van der Waals surface area contributed by atoms with Crippen LogP contribution in [-0.4, -0.2) is 53.0 Å². The van der Waals surface area contributed by atoms with E-state index in [2.05, 4.69) is 12.2 Å². The Hall–Kier alpha value is -1.75. The molecule has 1 saturated carbocycles. The minimum absolute atomic E-state index is 0.0264. The number of ether oxygens (including phenoxy) is 3. The normalized spacial score (nSPS) is 41.0. The first kappa shape index (κ1) is 26.3. The predicted octanol–water partition coefficient (Wildman–Crippen LogP) is 3.13. The molecule has 5 rings (SSSR count). The number of nitrogens with one attached hydrogen (secondary N) is 1. The van der Waals surface area contributed by atoms with E-state index in [-0.39, 0.29) is 36.5 Å². The van der Waals surface area contributed by atoms with Gasteiger partial charge < -0.3 is 24.6 Å². The van der Waals surface area contributed by atoms with Crippen LogP contribution in [0.5, 0.6) is 0 Å². The van der Waals surface area contributed by atoms with Gasteiger partial charge in [-0.15, -0.1) is 0 Å². The van der Waals surface area contributed by atoms with Gasteiger partial charge in [0.2, 0.25) is 18.0 Å². The molecular formula is C25H39NO9. The molecule has 5 aliphatic rings. The van der Waals surface area contributed by atoms with Crippen LogP contribution in [0.15, 0.2) is 0 Å². The van der Waals surface area contributed by atoms with Crippen LogP contribution in [0, 0.1) is 29.6 Å². The van der Waals surface area contributed by atoms with Gasteiger partial charge in [-0.05, 0) is 50.4 Å². The lowest BCUT2D eigenvalue weighted by molar-refractivity contribution is -0.576. The quantitative estimate of drug-likeness (QED) is 0.384. The first-order valence-corrected chi connectivity index (χ1v) is 12.9. The van der Waals surface area contributed by atoms with Crippen LogP contribution in [0.25, 0.3) is 0 Å². The zero-order valence-electron chi connectivity index (χ0n) is 21.3. The average Bonchev–Trinajstić information content (AvgIpc) is 3.01. The van der Waals surface area contributed by atoms with Crippen LogP contribution < -0.4 is 5.32 Å². The summed E-state index contributed by atoms with van der Waals surface area (Å²) in [6.45, 7) is 9.81. The highest BCUT2D eigenvalue weighted by Gasteiger charge is 2.69. The third-order valence-corrected chi connectivity index (χ3v) is 8.24. The van der Waals surface area contributed by atoms with Crippen molar-refractivity contribution in [1.29, 1.82) is 0 Å². The van der Waals surface area contributed by atoms with Crippen molar-refractivity contribution in [3.05, 3.63) is 0 Å². The van der Waals surface area contributed by atoms with E-state index in [4.69, 9.17) is 24.0 Å². The average molecular weight is 498 g/mol. The molecule has 1 aliphatic carbocycles. The molecule has 10 nitrogen and oxygen atoms in total. The number of hydrogen-bond donors (Lipinski definition) is 2.